The van der Waals surface area contributed by atoms with Gasteiger partial charge in [0.05, 0.1) is 25.4 Å². The molecule has 1 rings (SSSR count). The number of rotatable bonds is 54. The lowest BCUT2D eigenvalue weighted by atomic mass is 9.99. The average molecular weight is 1110 g/mol. The highest BCUT2D eigenvalue weighted by molar-refractivity contribution is 5.76. The number of unbranched alkanes of at least 4 members (excludes halogenated alkanes) is 24. The molecule has 80 heavy (non-hydrogen) atoms. The van der Waals surface area contributed by atoms with Crippen LogP contribution in [0.3, 0.4) is 0 Å². The fourth-order valence-electron chi connectivity index (χ4n) is 9.42. The Morgan fingerprint density at radius 1 is 0.438 bits per heavy atom. The van der Waals surface area contributed by atoms with E-state index in [1.807, 2.05) is 6.08 Å². The number of nitrogens with one attached hydrogen (secondary N) is 1. The fourth-order valence-corrected chi connectivity index (χ4v) is 9.42. The third kappa shape index (κ3) is 46.9. The fraction of sp³-hybridized carbons (Fsp3) is 0.676. The summed E-state index contributed by atoms with van der Waals surface area (Å²) >= 11 is 0. The number of aliphatic hydroxyl groups is 5. The Bertz CT molecular complexity index is 1720. The van der Waals surface area contributed by atoms with Gasteiger partial charge in [-0.2, -0.15) is 0 Å². The van der Waals surface area contributed by atoms with Crippen LogP contribution >= 0.6 is 0 Å². The third-order valence-corrected chi connectivity index (χ3v) is 14.5. The van der Waals surface area contributed by atoms with Gasteiger partial charge in [-0.3, -0.25) is 4.79 Å². The monoisotopic (exact) mass is 1110 g/mol. The Hall–Kier alpha value is -3.67. The van der Waals surface area contributed by atoms with Crippen LogP contribution in [0.1, 0.15) is 251 Å². The summed E-state index contributed by atoms with van der Waals surface area (Å²) in [6.45, 7) is 3.66. The Morgan fingerprint density at radius 2 is 0.775 bits per heavy atom. The number of allylic oxidation sites excluding steroid dienone is 21. The molecule has 1 fully saturated rings. The maximum absolute atomic E-state index is 13.1. The number of ether oxygens (including phenoxy) is 2. The summed E-state index contributed by atoms with van der Waals surface area (Å²) < 4.78 is 11.3. The number of hydrogen-bond acceptors (Lipinski definition) is 8. The molecular formula is C71H119NO8. The van der Waals surface area contributed by atoms with Crippen molar-refractivity contribution < 1.29 is 39.8 Å². The molecule has 9 nitrogen and oxygen atoms in total. The second kappa shape index (κ2) is 58.5. The van der Waals surface area contributed by atoms with Gasteiger partial charge in [-0.15, -0.1) is 0 Å². The molecule has 0 aliphatic carbocycles. The van der Waals surface area contributed by atoms with Gasteiger partial charge in [0.1, 0.15) is 24.4 Å². The van der Waals surface area contributed by atoms with Crippen LogP contribution in [0.2, 0.25) is 0 Å². The van der Waals surface area contributed by atoms with Crippen molar-refractivity contribution in [2.45, 2.75) is 294 Å². The maximum Gasteiger partial charge on any atom is 0.220 e. The van der Waals surface area contributed by atoms with Gasteiger partial charge in [0.15, 0.2) is 6.29 Å². The van der Waals surface area contributed by atoms with Crippen LogP contribution in [0.4, 0.5) is 0 Å². The van der Waals surface area contributed by atoms with Crippen LogP contribution in [-0.2, 0) is 14.3 Å². The molecule has 1 heterocycles. The number of aliphatic hydroxyl groups excluding tert-OH is 5. The van der Waals surface area contributed by atoms with E-state index in [0.29, 0.717) is 6.42 Å². The molecule has 1 aliphatic heterocycles. The second-order valence-corrected chi connectivity index (χ2v) is 21.8. The van der Waals surface area contributed by atoms with E-state index >= 15 is 0 Å². The molecule has 7 unspecified atom stereocenters. The molecular weight excluding hydrogens is 995 g/mol. The topological polar surface area (TPSA) is 149 Å². The highest BCUT2D eigenvalue weighted by atomic mass is 16.7. The van der Waals surface area contributed by atoms with Crippen LogP contribution in [0.5, 0.6) is 0 Å². The maximum atomic E-state index is 13.1. The van der Waals surface area contributed by atoms with Crippen LogP contribution in [-0.4, -0.2) is 87.5 Å². The lowest BCUT2D eigenvalue weighted by Crippen LogP contribution is -2.60. The summed E-state index contributed by atoms with van der Waals surface area (Å²) in [5.74, 6) is -0.189. The summed E-state index contributed by atoms with van der Waals surface area (Å²) in [6.07, 6.45) is 82.4. The number of carbonyl (C=O) groups excluding carboxylic acids is 1. The number of hydrogen-bond donors (Lipinski definition) is 6. The largest absolute Gasteiger partial charge is 0.394 e. The van der Waals surface area contributed by atoms with Crippen LogP contribution < -0.4 is 5.32 Å². The number of carbonyl (C=O) groups is 1. The highest BCUT2D eigenvalue weighted by Gasteiger charge is 2.44. The van der Waals surface area contributed by atoms with Crippen molar-refractivity contribution in [1.82, 2.24) is 5.32 Å². The van der Waals surface area contributed by atoms with E-state index in [0.717, 1.165) is 116 Å². The van der Waals surface area contributed by atoms with Gasteiger partial charge in [0, 0.05) is 6.42 Å². The van der Waals surface area contributed by atoms with Crippen molar-refractivity contribution in [1.29, 1.82) is 0 Å². The van der Waals surface area contributed by atoms with E-state index in [1.54, 1.807) is 6.08 Å². The molecule has 0 aromatic carbocycles. The lowest BCUT2D eigenvalue weighted by molar-refractivity contribution is -0.302. The summed E-state index contributed by atoms with van der Waals surface area (Å²) in [5.41, 5.74) is 0. The molecule has 456 valence electrons. The minimum Gasteiger partial charge on any atom is -0.394 e. The SMILES string of the molecule is CC/C=C\C/C=C\C/C=C\C/C=C\C/C=C\C/C=C\C/C=C\C/C=C\C/C=C\C/C=C\CCCCCCCCCCC(=O)NC(COC1OC(CO)C(O)C(O)C1O)C(O)/C=C/CCCCCCCCCCCCCCCCCC. The Balaban J connectivity index is 2.18. The van der Waals surface area contributed by atoms with E-state index in [1.165, 1.54) is 116 Å². The Morgan fingerprint density at radius 3 is 1.15 bits per heavy atom. The quantitative estimate of drug-likeness (QED) is 0.0261. The molecule has 0 bridgehead atoms. The first kappa shape index (κ1) is 74.3. The summed E-state index contributed by atoms with van der Waals surface area (Å²) in [4.78, 5) is 13.1. The van der Waals surface area contributed by atoms with Crippen molar-refractivity contribution in [2.75, 3.05) is 13.2 Å². The van der Waals surface area contributed by atoms with Crippen molar-refractivity contribution >= 4 is 5.91 Å². The van der Waals surface area contributed by atoms with Crippen molar-refractivity contribution in [2.24, 2.45) is 0 Å². The Kier molecular flexibility index (Phi) is 54.4. The van der Waals surface area contributed by atoms with Crippen LogP contribution in [0.15, 0.2) is 134 Å². The zero-order valence-electron chi connectivity index (χ0n) is 50.8. The normalized spacial score (nSPS) is 19.4. The van der Waals surface area contributed by atoms with Crippen molar-refractivity contribution in [3.8, 4) is 0 Å². The van der Waals surface area contributed by atoms with Crippen LogP contribution in [0, 0.1) is 0 Å². The molecule has 1 amide bonds. The first-order valence-corrected chi connectivity index (χ1v) is 32.4. The zero-order chi connectivity index (χ0) is 57.9. The van der Waals surface area contributed by atoms with Gasteiger partial charge < -0.3 is 40.3 Å². The summed E-state index contributed by atoms with van der Waals surface area (Å²) in [7, 11) is 0. The molecule has 0 aromatic rings. The molecule has 1 saturated heterocycles. The predicted molar refractivity (Wildman–Crippen MR) is 340 cm³/mol. The standard InChI is InChI=1S/C71H119NO8/c1-3-5-7-9-11-13-15-17-19-21-23-24-25-26-27-28-29-30-31-32-33-34-35-36-37-38-39-40-41-42-43-45-47-49-51-53-55-57-59-61-67(75)72-64(63-79-71-70(78)69(77)68(76)66(62-73)80-71)65(74)60-58-56-54-52-50-48-46-44-22-20-18-16-14-12-10-8-6-4-2/h5,7,11,13,17,19,23-24,26-27,29-30,32-33,35-36,38-39,41-42,58,60,64-66,68-71,73-74,76-78H,3-4,6,8-10,12,14-16,18,20-22,25,28,31,34,37,40,43-57,59,61-63H2,1-2H3,(H,72,75)/b7-5-,13-11-,19-17-,24-23-,27-26-,30-29-,33-32-,36-35-,39-38-,42-41-,60-58+. The number of amides is 1. The van der Waals surface area contributed by atoms with E-state index in [2.05, 4.69) is 141 Å². The molecule has 0 aromatic heterocycles. The first-order valence-electron chi connectivity index (χ1n) is 32.4. The summed E-state index contributed by atoms with van der Waals surface area (Å²) in [6, 6.07) is -0.819. The van der Waals surface area contributed by atoms with E-state index in [-0.39, 0.29) is 12.5 Å². The van der Waals surface area contributed by atoms with Gasteiger partial charge >= 0.3 is 0 Å². The molecule has 0 radical (unpaired) electrons. The van der Waals surface area contributed by atoms with Gasteiger partial charge in [-0.05, 0) is 96.3 Å². The molecule has 1 aliphatic rings. The Labute approximate surface area is 490 Å². The minimum absolute atomic E-state index is 0.189. The zero-order valence-corrected chi connectivity index (χ0v) is 50.8. The molecule has 7 atom stereocenters. The van der Waals surface area contributed by atoms with Gasteiger partial charge in [-0.1, -0.05) is 282 Å². The third-order valence-electron chi connectivity index (χ3n) is 14.5. The van der Waals surface area contributed by atoms with Gasteiger partial charge in [0.2, 0.25) is 5.91 Å². The highest BCUT2D eigenvalue weighted by Crippen LogP contribution is 2.23. The molecule has 0 saturated carbocycles. The van der Waals surface area contributed by atoms with E-state index in [9.17, 15) is 30.3 Å². The second-order valence-electron chi connectivity index (χ2n) is 21.8. The molecule has 0 spiro atoms. The van der Waals surface area contributed by atoms with Crippen molar-refractivity contribution in [3.05, 3.63) is 134 Å². The van der Waals surface area contributed by atoms with Gasteiger partial charge in [-0.25, -0.2) is 0 Å². The van der Waals surface area contributed by atoms with Crippen LogP contribution in [0.25, 0.3) is 0 Å². The molecule has 6 N–H and O–H groups in total. The lowest BCUT2D eigenvalue weighted by Gasteiger charge is -2.40. The summed E-state index contributed by atoms with van der Waals surface area (Å²) in [5, 5.41) is 54.6. The average Bonchev–Trinajstić information content (AvgIpc) is 3.46. The van der Waals surface area contributed by atoms with E-state index in [4.69, 9.17) is 9.47 Å². The molecule has 9 heteroatoms. The van der Waals surface area contributed by atoms with Gasteiger partial charge in [0.25, 0.3) is 0 Å². The smallest absolute Gasteiger partial charge is 0.220 e. The first-order chi connectivity index (χ1) is 39.3. The van der Waals surface area contributed by atoms with Crippen molar-refractivity contribution in [3.63, 3.8) is 0 Å². The predicted octanol–water partition coefficient (Wildman–Crippen LogP) is 17.2. The van der Waals surface area contributed by atoms with E-state index < -0.39 is 49.5 Å². The minimum atomic E-state index is -1.58.